The molecule has 0 fully saturated rings. The summed E-state index contributed by atoms with van der Waals surface area (Å²) >= 11 is 2.22. The van der Waals surface area contributed by atoms with Crippen LogP contribution in [0.25, 0.3) is 22.5 Å². The van der Waals surface area contributed by atoms with E-state index in [0.29, 0.717) is 28.2 Å². The predicted octanol–water partition coefficient (Wildman–Crippen LogP) is 5.04. The van der Waals surface area contributed by atoms with E-state index < -0.39 is 0 Å². The number of fused-ring (bicyclic) bond motifs is 1. The van der Waals surface area contributed by atoms with Gasteiger partial charge < -0.3 is 0 Å². The Morgan fingerprint density at radius 2 is 1.66 bits per heavy atom. The third-order valence-corrected chi connectivity index (χ3v) is 6.27. The van der Waals surface area contributed by atoms with Crippen LogP contribution in [0.2, 0.25) is 0 Å². The third-order valence-electron chi connectivity index (χ3n) is 5.55. The second-order valence-corrected chi connectivity index (χ2v) is 8.87. The van der Waals surface area contributed by atoms with E-state index >= 15 is 0 Å². The van der Waals surface area contributed by atoms with Gasteiger partial charge in [0.1, 0.15) is 0 Å². The second kappa shape index (κ2) is 7.90. The molecule has 5 rings (SSSR count). The summed E-state index contributed by atoms with van der Waals surface area (Å²) in [5.41, 5.74) is 3.36. The zero-order chi connectivity index (χ0) is 22.4. The molecule has 1 N–H and O–H groups in total. The van der Waals surface area contributed by atoms with Gasteiger partial charge >= 0.3 is 0 Å². The van der Waals surface area contributed by atoms with Crippen molar-refractivity contribution < 1.29 is 4.79 Å². The lowest BCUT2D eigenvalue weighted by Crippen LogP contribution is -2.22. The molecule has 32 heavy (non-hydrogen) atoms. The van der Waals surface area contributed by atoms with Gasteiger partial charge in [-0.2, -0.15) is 10.1 Å². The molecular formula is C25H19IN4O2. The fourth-order valence-electron chi connectivity index (χ4n) is 3.89. The van der Waals surface area contributed by atoms with Crippen molar-refractivity contribution in [1.82, 2.24) is 9.78 Å². The van der Waals surface area contributed by atoms with Gasteiger partial charge in [0.25, 0.3) is 11.5 Å². The van der Waals surface area contributed by atoms with Crippen molar-refractivity contribution in [2.24, 2.45) is 5.10 Å². The molecule has 2 heterocycles. The standard InChI is InChI=1S/C25H19IN4O2/c1-15-21(24(31)29(27-15)19-12-10-18(26)11-13-19)14-22-16(2)28-30(25(22)32)23-9-5-7-17-6-3-4-8-20(17)23/h3-14,28H,1-2H3/b21-14+. The SMILES string of the molecule is CC1=NN(c2ccc(I)cc2)C(=O)/C1=C/c1c(C)[nH]n(-c2cccc3ccccc23)c1=O. The fourth-order valence-corrected chi connectivity index (χ4v) is 4.25. The molecule has 4 aromatic rings. The van der Waals surface area contributed by atoms with E-state index in [9.17, 15) is 9.59 Å². The molecule has 1 aliphatic heterocycles. The van der Waals surface area contributed by atoms with E-state index in [2.05, 4.69) is 32.8 Å². The van der Waals surface area contributed by atoms with Crippen molar-refractivity contribution in [3.05, 3.63) is 97.5 Å². The van der Waals surface area contributed by atoms with Crippen LogP contribution < -0.4 is 10.6 Å². The highest BCUT2D eigenvalue weighted by Crippen LogP contribution is 2.26. The summed E-state index contributed by atoms with van der Waals surface area (Å²) in [6.45, 7) is 3.61. The summed E-state index contributed by atoms with van der Waals surface area (Å²) in [4.78, 5) is 26.4. The molecule has 0 atom stereocenters. The number of hydrogen-bond acceptors (Lipinski definition) is 3. The molecule has 6 nitrogen and oxygen atoms in total. The first kappa shape index (κ1) is 20.4. The average molecular weight is 534 g/mol. The monoisotopic (exact) mass is 534 g/mol. The number of anilines is 1. The summed E-state index contributed by atoms with van der Waals surface area (Å²) in [6.07, 6.45) is 1.64. The fraction of sp³-hybridized carbons (Fsp3) is 0.0800. The van der Waals surface area contributed by atoms with Crippen LogP contribution >= 0.6 is 22.6 Å². The number of carbonyl (C=O) groups is 1. The number of hydrogen-bond donors (Lipinski definition) is 1. The molecule has 1 aliphatic rings. The molecule has 3 aromatic carbocycles. The Labute approximate surface area is 198 Å². The van der Waals surface area contributed by atoms with Gasteiger partial charge in [-0.3, -0.25) is 14.7 Å². The van der Waals surface area contributed by atoms with E-state index in [0.717, 1.165) is 20.0 Å². The maximum atomic E-state index is 13.3. The Morgan fingerprint density at radius 3 is 2.44 bits per heavy atom. The van der Waals surface area contributed by atoms with Gasteiger partial charge in [0.15, 0.2) is 0 Å². The summed E-state index contributed by atoms with van der Waals surface area (Å²) < 4.78 is 2.61. The molecule has 0 bridgehead atoms. The molecule has 0 aliphatic carbocycles. The molecule has 1 aromatic heterocycles. The highest BCUT2D eigenvalue weighted by atomic mass is 127. The van der Waals surface area contributed by atoms with Gasteiger partial charge in [0, 0.05) is 14.7 Å². The first-order valence-corrected chi connectivity index (χ1v) is 11.2. The number of carbonyl (C=O) groups excluding carboxylic acids is 1. The number of nitrogens with zero attached hydrogens (tertiary/aromatic N) is 3. The van der Waals surface area contributed by atoms with Crippen LogP contribution in [0, 0.1) is 10.5 Å². The predicted molar refractivity (Wildman–Crippen MR) is 136 cm³/mol. The largest absolute Gasteiger partial charge is 0.295 e. The van der Waals surface area contributed by atoms with Gasteiger partial charge in [-0.05, 0) is 78.2 Å². The Hall–Kier alpha value is -3.46. The van der Waals surface area contributed by atoms with Gasteiger partial charge in [-0.15, -0.1) is 0 Å². The van der Waals surface area contributed by atoms with E-state index in [-0.39, 0.29) is 11.5 Å². The molecule has 0 unspecified atom stereocenters. The topological polar surface area (TPSA) is 70.5 Å². The summed E-state index contributed by atoms with van der Waals surface area (Å²) in [5, 5.41) is 11.0. The minimum Gasteiger partial charge on any atom is -0.295 e. The number of H-pyrrole nitrogens is 1. The van der Waals surface area contributed by atoms with Gasteiger partial charge in [-0.25, -0.2) is 4.68 Å². The Bertz CT molecular complexity index is 1490. The third kappa shape index (κ3) is 3.38. The van der Waals surface area contributed by atoms with Crippen LogP contribution in [0.15, 0.2) is 82.2 Å². The van der Waals surface area contributed by atoms with Gasteiger partial charge in [0.05, 0.1) is 28.2 Å². The molecule has 0 saturated carbocycles. The number of amides is 1. The summed E-state index contributed by atoms with van der Waals surface area (Å²) in [6, 6.07) is 21.3. The van der Waals surface area contributed by atoms with Crippen LogP contribution in [-0.4, -0.2) is 21.4 Å². The van der Waals surface area contributed by atoms with E-state index in [1.54, 1.807) is 13.0 Å². The summed E-state index contributed by atoms with van der Waals surface area (Å²) in [5.74, 6) is -0.250. The first-order valence-electron chi connectivity index (χ1n) is 10.1. The quantitative estimate of drug-likeness (QED) is 0.296. The number of benzene rings is 3. The van der Waals surface area contributed by atoms with Crippen LogP contribution in [0.4, 0.5) is 5.69 Å². The Balaban J connectivity index is 1.58. The Morgan fingerprint density at radius 1 is 0.938 bits per heavy atom. The zero-order valence-electron chi connectivity index (χ0n) is 17.5. The van der Waals surface area contributed by atoms with Crippen molar-refractivity contribution in [2.75, 3.05) is 5.01 Å². The molecule has 1 amide bonds. The number of nitrogens with one attached hydrogen (secondary N) is 1. The number of rotatable bonds is 3. The molecule has 7 heteroatoms. The number of aryl methyl sites for hydroxylation is 1. The second-order valence-electron chi connectivity index (χ2n) is 7.63. The molecule has 0 saturated heterocycles. The lowest BCUT2D eigenvalue weighted by molar-refractivity contribution is -0.114. The lowest BCUT2D eigenvalue weighted by Gasteiger charge is -2.11. The maximum absolute atomic E-state index is 13.3. The smallest absolute Gasteiger partial charge is 0.280 e. The van der Waals surface area contributed by atoms with Crippen LogP contribution in [0.5, 0.6) is 0 Å². The normalized spacial score (nSPS) is 15.1. The van der Waals surface area contributed by atoms with Crippen LogP contribution in [0.3, 0.4) is 0 Å². The van der Waals surface area contributed by atoms with E-state index in [4.69, 9.17) is 0 Å². The van der Waals surface area contributed by atoms with Crippen LogP contribution in [-0.2, 0) is 4.79 Å². The average Bonchev–Trinajstić information content (AvgIpc) is 3.24. The minimum absolute atomic E-state index is 0.209. The van der Waals surface area contributed by atoms with Crippen molar-refractivity contribution in [3.63, 3.8) is 0 Å². The van der Waals surface area contributed by atoms with Crippen molar-refractivity contribution in [1.29, 1.82) is 0 Å². The van der Waals surface area contributed by atoms with E-state index in [1.165, 1.54) is 9.69 Å². The number of aromatic amines is 1. The van der Waals surface area contributed by atoms with Crippen molar-refractivity contribution >= 4 is 56.7 Å². The zero-order valence-corrected chi connectivity index (χ0v) is 19.6. The number of aromatic nitrogens is 2. The number of hydrazone groups is 1. The summed E-state index contributed by atoms with van der Waals surface area (Å²) in [7, 11) is 0. The molecule has 158 valence electrons. The van der Waals surface area contributed by atoms with Gasteiger partial charge in [-0.1, -0.05) is 36.4 Å². The number of halogens is 1. The maximum Gasteiger partial charge on any atom is 0.280 e. The lowest BCUT2D eigenvalue weighted by atomic mass is 10.1. The Kier molecular flexibility index (Phi) is 5.05. The van der Waals surface area contributed by atoms with Gasteiger partial charge in [0.2, 0.25) is 0 Å². The molecule has 0 spiro atoms. The minimum atomic E-state index is -0.250. The van der Waals surface area contributed by atoms with Crippen molar-refractivity contribution in [2.45, 2.75) is 13.8 Å². The van der Waals surface area contributed by atoms with E-state index in [1.807, 2.05) is 73.7 Å². The first-order chi connectivity index (χ1) is 15.4. The molecular weight excluding hydrogens is 515 g/mol. The van der Waals surface area contributed by atoms with Crippen molar-refractivity contribution in [3.8, 4) is 5.69 Å². The molecule has 0 radical (unpaired) electrons. The highest BCUT2D eigenvalue weighted by Gasteiger charge is 2.29. The highest BCUT2D eigenvalue weighted by molar-refractivity contribution is 14.1. The van der Waals surface area contributed by atoms with Crippen LogP contribution in [0.1, 0.15) is 18.2 Å².